The van der Waals surface area contributed by atoms with Crippen molar-refractivity contribution in [1.82, 2.24) is 15.1 Å². The van der Waals surface area contributed by atoms with Crippen LogP contribution in [0.2, 0.25) is 0 Å². The number of carbonyl (C=O) groups is 1. The number of carbonyl (C=O) groups excluding carboxylic acids is 1. The predicted molar refractivity (Wildman–Crippen MR) is 75.5 cm³/mol. The molecule has 0 aliphatic heterocycles. The molecule has 1 aliphatic carbocycles. The summed E-state index contributed by atoms with van der Waals surface area (Å²) < 4.78 is 0. The molecular formula is C14H20ClN3O. The van der Waals surface area contributed by atoms with Crippen LogP contribution in [-0.4, -0.2) is 39.5 Å². The van der Waals surface area contributed by atoms with Crippen molar-refractivity contribution in [3.05, 3.63) is 23.0 Å². The average molecular weight is 282 g/mol. The summed E-state index contributed by atoms with van der Waals surface area (Å²) in [6.45, 7) is 3.65. The Morgan fingerprint density at radius 2 is 2.00 bits per heavy atom. The van der Waals surface area contributed by atoms with Crippen molar-refractivity contribution in [3.8, 4) is 0 Å². The highest BCUT2D eigenvalue weighted by Crippen LogP contribution is 2.27. The molecule has 5 heteroatoms. The molecule has 4 nitrogen and oxygen atoms in total. The third kappa shape index (κ3) is 3.06. The maximum absolute atomic E-state index is 12.6. The number of aryl methyl sites for hydroxylation is 2. The highest BCUT2D eigenvalue weighted by molar-refractivity contribution is 6.21. The molecule has 1 heterocycles. The zero-order valence-electron chi connectivity index (χ0n) is 11.7. The molecule has 0 bridgehead atoms. The molecule has 19 heavy (non-hydrogen) atoms. The third-order valence-electron chi connectivity index (χ3n) is 3.80. The first-order valence-corrected chi connectivity index (χ1v) is 7.16. The Kier molecular flexibility index (Phi) is 4.40. The molecule has 0 spiro atoms. The Bertz CT molecular complexity index is 478. The van der Waals surface area contributed by atoms with Gasteiger partial charge in [0.05, 0.1) is 22.3 Å². The average Bonchev–Trinajstić information content (AvgIpc) is 2.40. The first-order chi connectivity index (χ1) is 9.00. The van der Waals surface area contributed by atoms with Crippen LogP contribution in [0.4, 0.5) is 0 Å². The highest BCUT2D eigenvalue weighted by atomic mass is 35.5. The number of hydrogen-bond donors (Lipinski definition) is 0. The summed E-state index contributed by atoms with van der Waals surface area (Å²) in [7, 11) is 1.84. The molecule has 2 unspecified atom stereocenters. The fourth-order valence-electron chi connectivity index (χ4n) is 2.61. The lowest BCUT2D eigenvalue weighted by atomic mass is 9.93. The molecule has 1 saturated carbocycles. The van der Waals surface area contributed by atoms with Gasteiger partial charge in [-0.15, -0.1) is 11.6 Å². The van der Waals surface area contributed by atoms with Gasteiger partial charge in [0.2, 0.25) is 0 Å². The van der Waals surface area contributed by atoms with E-state index < -0.39 is 0 Å². The summed E-state index contributed by atoms with van der Waals surface area (Å²) in [5.41, 5.74) is 2.06. The molecular weight excluding hydrogens is 262 g/mol. The van der Waals surface area contributed by atoms with Crippen molar-refractivity contribution in [1.29, 1.82) is 0 Å². The van der Waals surface area contributed by atoms with Gasteiger partial charge in [-0.05, 0) is 32.8 Å². The van der Waals surface area contributed by atoms with Crippen LogP contribution in [0.3, 0.4) is 0 Å². The molecule has 2 atom stereocenters. The van der Waals surface area contributed by atoms with E-state index in [0.717, 1.165) is 31.4 Å². The molecule has 104 valence electrons. The number of hydrogen-bond acceptors (Lipinski definition) is 3. The van der Waals surface area contributed by atoms with Crippen molar-refractivity contribution in [3.63, 3.8) is 0 Å². The zero-order valence-corrected chi connectivity index (χ0v) is 12.4. The minimum atomic E-state index is -0.00644. The van der Waals surface area contributed by atoms with E-state index in [-0.39, 0.29) is 17.3 Å². The molecule has 1 fully saturated rings. The van der Waals surface area contributed by atoms with Crippen LogP contribution >= 0.6 is 11.6 Å². The van der Waals surface area contributed by atoms with Crippen LogP contribution in [0.5, 0.6) is 0 Å². The lowest BCUT2D eigenvalue weighted by molar-refractivity contribution is 0.0698. The van der Waals surface area contributed by atoms with E-state index in [1.54, 1.807) is 11.0 Å². The van der Waals surface area contributed by atoms with Gasteiger partial charge in [-0.25, -0.2) is 0 Å². The van der Waals surface area contributed by atoms with E-state index in [0.29, 0.717) is 11.3 Å². The second-order valence-electron chi connectivity index (χ2n) is 5.27. The van der Waals surface area contributed by atoms with Gasteiger partial charge in [0.25, 0.3) is 5.91 Å². The fourth-order valence-corrected chi connectivity index (χ4v) is 3.06. The first kappa shape index (κ1) is 14.3. The van der Waals surface area contributed by atoms with E-state index >= 15 is 0 Å². The van der Waals surface area contributed by atoms with Gasteiger partial charge in [-0.3, -0.25) is 4.79 Å². The highest BCUT2D eigenvalue weighted by Gasteiger charge is 2.30. The van der Waals surface area contributed by atoms with Crippen molar-refractivity contribution >= 4 is 17.5 Å². The molecule has 1 aliphatic rings. The van der Waals surface area contributed by atoms with Gasteiger partial charge in [0, 0.05) is 13.1 Å². The topological polar surface area (TPSA) is 46.1 Å². The van der Waals surface area contributed by atoms with Crippen LogP contribution in [0.25, 0.3) is 0 Å². The normalized spacial score (nSPS) is 23.2. The minimum Gasteiger partial charge on any atom is -0.337 e. The standard InChI is InChI=1S/C14H20ClN3O/c1-9-8-11(10(2)17-16-9)14(19)18(3)13-7-5-4-6-12(13)15/h8,12-13H,4-7H2,1-3H3. The van der Waals surface area contributed by atoms with Crippen LogP contribution < -0.4 is 0 Å². The smallest absolute Gasteiger partial charge is 0.255 e. The lowest BCUT2D eigenvalue weighted by Crippen LogP contribution is -2.44. The summed E-state index contributed by atoms with van der Waals surface area (Å²) in [5.74, 6) is -0.00644. The number of rotatable bonds is 2. The van der Waals surface area contributed by atoms with Gasteiger partial charge < -0.3 is 4.90 Å². The number of halogens is 1. The van der Waals surface area contributed by atoms with Crippen LogP contribution in [0.15, 0.2) is 6.07 Å². The molecule has 0 saturated heterocycles. The Morgan fingerprint density at radius 3 is 2.68 bits per heavy atom. The van der Waals surface area contributed by atoms with Gasteiger partial charge in [0.1, 0.15) is 0 Å². The van der Waals surface area contributed by atoms with Gasteiger partial charge >= 0.3 is 0 Å². The molecule has 0 aromatic carbocycles. The Hall–Kier alpha value is -1.16. The number of nitrogens with zero attached hydrogens (tertiary/aromatic N) is 3. The van der Waals surface area contributed by atoms with E-state index in [9.17, 15) is 4.79 Å². The summed E-state index contributed by atoms with van der Waals surface area (Å²) in [6.07, 6.45) is 4.25. The third-order valence-corrected chi connectivity index (χ3v) is 4.31. The second kappa shape index (κ2) is 5.87. The van der Waals surface area contributed by atoms with Crippen molar-refractivity contribution in [2.45, 2.75) is 50.9 Å². The van der Waals surface area contributed by atoms with Crippen molar-refractivity contribution < 1.29 is 4.79 Å². The largest absolute Gasteiger partial charge is 0.337 e. The van der Waals surface area contributed by atoms with Gasteiger partial charge in [0.15, 0.2) is 0 Å². The number of aromatic nitrogens is 2. The number of alkyl halides is 1. The zero-order chi connectivity index (χ0) is 14.0. The van der Waals surface area contributed by atoms with Crippen LogP contribution in [0.1, 0.15) is 47.4 Å². The van der Waals surface area contributed by atoms with E-state index in [4.69, 9.17) is 11.6 Å². The summed E-state index contributed by atoms with van der Waals surface area (Å²) in [4.78, 5) is 14.3. The molecule has 2 rings (SSSR count). The number of amides is 1. The van der Waals surface area contributed by atoms with Gasteiger partial charge in [-0.1, -0.05) is 12.8 Å². The molecule has 1 aromatic rings. The summed E-state index contributed by atoms with van der Waals surface area (Å²) in [5, 5.41) is 8.03. The van der Waals surface area contributed by atoms with Crippen molar-refractivity contribution in [2.24, 2.45) is 0 Å². The molecule has 0 N–H and O–H groups in total. The maximum atomic E-state index is 12.6. The van der Waals surface area contributed by atoms with Crippen LogP contribution in [-0.2, 0) is 0 Å². The maximum Gasteiger partial charge on any atom is 0.255 e. The Morgan fingerprint density at radius 1 is 1.32 bits per heavy atom. The van der Waals surface area contributed by atoms with E-state index in [1.165, 1.54) is 0 Å². The van der Waals surface area contributed by atoms with Gasteiger partial charge in [-0.2, -0.15) is 10.2 Å². The Balaban J connectivity index is 2.20. The lowest BCUT2D eigenvalue weighted by Gasteiger charge is -2.35. The molecule has 0 radical (unpaired) electrons. The first-order valence-electron chi connectivity index (χ1n) is 6.73. The second-order valence-corrected chi connectivity index (χ2v) is 5.83. The van der Waals surface area contributed by atoms with E-state index in [1.807, 2.05) is 20.9 Å². The van der Waals surface area contributed by atoms with E-state index in [2.05, 4.69) is 10.2 Å². The molecule has 1 aromatic heterocycles. The predicted octanol–water partition coefficient (Wildman–Crippen LogP) is 2.72. The van der Waals surface area contributed by atoms with Crippen molar-refractivity contribution in [2.75, 3.05) is 7.05 Å². The fraction of sp³-hybridized carbons (Fsp3) is 0.643. The monoisotopic (exact) mass is 281 g/mol. The summed E-state index contributed by atoms with van der Waals surface area (Å²) >= 11 is 6.36. The quantitative estimate of drug-likeness (QED) is 0.783. The van der Waals surface area contributed by atoms with Crippen LogP contribution in [0, 0.1) is 13.8 Å². The minimum absolute atomic E-state index is 0.00644. The SMILES string of the molecule is Cc1cc(C(=O)N(C)C2CCCCC2Cl)c(C)nn1. The Labute approximate surface area is 119 Å². The summed E-state index contributed by atoms with van der Waals surface area (Å²) in [6, 6.07) is 1.92. The molecule has 1 amide bonds.